The van der Waals surface area contributed by atoms with Crippen molar-refractivity contribution in [2.24, 2.45) is 11.8 Å². The Kier molecular flexibility index (Phi) is 10.5. The van der Waals surface area contributed by atoms with Crippen LogP contribution in [0.15, 0.2) is 79.1 Å². The highest BCUT2D eigenvalue weighted by Gasteiger charge is 2.45. The Balaban J connectivity index is 0.717. The first-order valence-corrected chi connectivity index (χ1v) is 20.5. The van der Waals surface area contributed by atoms with E-state index in [9.17, 15) is 19.2 Å². The van der Waals surface area contributed by atoms with Gasteiger partial charge in [0.25, 0.3) is 11.8 Å². The van der Waals surface area contributed by atoms with Crippen LogP contribution in [0.4, 0.5) is 17.3 Å². The molecule has 0 saturated carbocycles. The van der Waals surface area contributed by atoms with Gasteiger partial charge in [-0.2, -0.15) is 0 Å². The van der Waals surface area contributed by atoms with Crippen molar-refractivity contribution < 1.29 is 23.9 Å². The van der Waals surface area contributed by atoms with Crippen LogP contribution in [0.5, 0.6) is 11.5 Å². The van der Waals surface area contributed by atoms with E-state index in [-0.39, 0.29) is 36.3 Å². The number of ether oxygens (including phenoxy) is 1. The number of nitrogens with zero attached hydrogens (tertiary/aromatic N) is 6. The summed E-state index contributed by atoms with van der Waals surface area (Å²) in [7, 11) is 0. The maximum absolute atomic E-state index is 13.3. The quantitative estimate of drug-likeness (QED) is 0.119. The van der Waals surface area contributed by atoms with Crippen LogP contribution in [-0.2, 0) is 9.59 Å². The minimum Gasteiger partial charge on any atom is -0.457 e. The monoisotopic (exact) mass is 796 g/mol. The van der Waals surface area contributed by atoms with Gasteiger partial charge in [0.1, 0.15) is 35.5 Å². The van der Waals surface area contributed by atoms with Gasteiger partial charge in [-0.25, -0.2) is 9.97 Å². The number of carbonyl (C=O) groups excluding carboxylic acids is 4. The lowest BCUT2D eigenvalue weighted by molar-refractivity contribution is -0.136. The largest absolute Gasteiger partial charge is 0.457 e. The van der Waals surface area contributed by atoms with Crippen LogP contribution in [0.3, 0.4) is 0 Å². The maximum Gasteiger partial charge on any atom is 0.262 e. The molecule has 15 heteroatoms. The van der Waals surface area contributed by atoms with E-state index in [0.29, 0.717) is 45.7 Å². The molecule has 0 aliphatic carbocycles. The number of nitrogen functional groups attached to an aromatic ring is 1. The summed E-state index contributed by atoms with van der Waals surface area (Å²) in [6.45, 7) is 8.04. The Bertz CT molecular complexity index is 2270. The summed E-state index contributed by atoms with van der Waals surface area (Å²) in [6, 6.07) is 21.6. The molecule has 0 bridgehead atoms. The zero-order valence-corrected chi connectivity index (χ0v) is 32.8. The second kappa shape index (κ2) is 16.2. The van der Waals surface area contributed by atoms with Gasteiger partial charge in [0.2, 0.25) is 11.8 Å². The lowest BCUT2D eigenvalue weighted by atomic mass is 9.95. The highest BCUT2D eigenvalue weighted by atomic mass is 16.5. The fourth-order valence-electron chi connectivity index (χ4n) is 9.21. The second-order valence-corrected chi connectivity index (χ2v) is 16.4. The zero-order chi connectivity index (χ0) is 40.6. The molecule has 2 atom stereocenters. The number of fused-ring (bicyclic) bond motifs is 1. The van der Waals surface area contributed by atoms with Crippen LogP contribution in [0.1, 0.15) is 63.9 Å². The lowest BCUT2D eigenvalue weighted by Gasteiger charge is -2.44. The van der Waals surface area contributed by atoms with Crippen molar-refractivity contribution in [3.63, 3.8) is 0 Å². The number of nitrogens with one attached hydrogen (secondary N) is 3. The number of rotatable bonds is 12. The normalized spacial score (nSPS) is 21.7. The Labute approximate surface area is 342 Å². The predicted molar refractivity (Wildman–Crippen MR) is 222 cm³/mol. The van der Waals surface area contributed by atoms with Crippen molar-refractivity contribution in [2.75, 3.05) is 68.3 Å². The highest BCUT2D eigenvalue weighted by molar-refractivity contribution is 6.23. The summed E-state index contributed by atoms with van der Waals surface area (Å²) < 4.78 is 5.92. The number of nitrogens with two attached hydrogens (primary N) is 1. The molecule has 4 fully saturated rings. The summed E-state index contributed by atoms with van der Waals surface area (Å²) in [5.74, 6) is 1.50. The first-order valence-electron chi connectivity index (χ1n) is 20.5. The van der Waals surface area contributed by atoms with Gasteiger partial charge in [-0.1, -0.05) is 18.2 Å². The van der Waals surface area contributed by atoms with Gasteiger partial charge >= 0.3 is 0 Å². The van der Waals surface area contributed by atoms with Gasteiger partial charge in [0, 0.05) is 76.1 Å². The lowest BCUT2D eigenvalue weighted by Crippen LogP contribution is -2.54. The molecule has 5 aliphatic heterocycles. The number of benzene rings is 3. The van der Waals surface area contributed by atoms with E-state index >= 15 is 0 Å². The number of aromatic nitrogens is 2. The molecule has 2 unspecified atom stereocenters. The SMILES string of the molecule is N=C(c1ccc(Oc2ccccc2)cc1)c1c(N)ncnc1NC1CCN(CC2CN(CC3CCN(c4ccc5c(c4)C(=O)N(C4CCC(=O)NC4=O)C5=O)C3)C2)CC1. The Morgan fingerprint density at radius 2 is 1.53 bits per heavy atom. The van der Waals surface area contributed by atoms with E-state index in [2.05, 4.69) is 35.3 Å². The third kappa shape index (κ3) is 7.99. The Morgan fingerprint density at radius 1 is 0.797 bits per heavy atom. The molecule has 59 heavy (non-hydrogen) atoms. The molecule has 5 aliphatic rings. The number of para-hydroxylation sites is 1. The first kappa shape index (κ1) is 38.3. The fourth-order valence-corrected chi connectivity index (χ4v) is 9.21. The van der Waals surface area contributed by atoms with Crippen molar-refractivity contribution in [3.05, 3.63) is 101 Å². The van der Waals surface area contributed by atoms with Crippen LogP contribution >= 0.6 is 0 Å². The van der Waals surface area contributed by atoms with E-state index < -0.39 is 23.8 Å². The van der Waals surface area contributed by atoms with Crippen LogP contribution in [0, 0.1) is 17.2 Å². The molecular formula is C44H48N10O5. The average Bonchev–Trinajstić information content (AvgIpc) is 3.79. The van der Waals surface area contributed by atoms with E-state index in [1.54, 1.807) is 12.1 Å². The number of hydrogen-bond donors (Lipinski definition) is 4. The fraction of sp³-hybridized carbons (Fsp3) is 0.386. The third-order valence-corrected chi connectivity index (χ3v) is 12.3. The van der Waals surface area contributed by atoms with E-state index in [1.807, 2.05) is 60.7 Å². The Morgan fingerprint density at radius 3 is 2.29 bits per heavy atom. The molecule has 4 saturated heterocycles. The van der Waals surface area contributed by atoms with E-state index in [4.69, 9.17) is 15.9 Å². The number of amides is 4. The smallest absolute Gasteiger partial charge is 0.262 e. The molecule has 0 radical (unpaired) electrons. The molecule has 3 aromatic carbocycles. The molecule has 6 heterocycles. The number of piperidine rings is 2. The third-order valence-electron chi connectivity index (χ3n) is 12.3. The average molecular weight is 797 g/mol. The van der Waals surface area contributed by atoms with Crippen molar-refractivity contribution in [1.82, 2.24) is 30.0 Å². The molecule has 4 amide bonds. The highest BCUT2D eigenvalue weighted by Crippen LogP contribution is 2.34. The number of anilines is 3. The molecule has 4 aromatic rings. The molecule has 15 nitrogen and oxygen atoms in total. The standard InChI is InChI=1S/C44H48N10O5/c45-39(29-6-9-33(10-7-29)59-32-4-2-1-3-5-32)38-40(46)47-26-48-41(38)49-30-15-17-51(18-16-30)22-28-23-52(24-28)21-27-14-19-53(25-27)31-8-11-34-35(20-31)44(58)54(43(34)57)36-12-13-37(55)50-42(36)56/h1-11,20,26-28,30,36,45H,12-19,21-25H2,(H,50,55,56)(H3,46,47,48,49). The van der Waals surface area contributed by atoms with Gasteiger partial charge in [0.15, 0.2) is 0 Å². The van der Waals surface area contributed by atoms with Crippen molar-refractivity contribution >= 4 is 46.7 Å². The number of imide groups is 2. The first-order chi connectivity index (χ1) is 28.7. The van der Waals surface area contributed by atoms with Gasteiger partial charge in [-0.15, -0.1) is 0 Å². The molecule has 304 valence electrons. The van der Waals surface area contributed by atoms with Crippen molar-refractivity contribution in [1.29, 1.82) is 5.41 Å². The molecule has 5 N–H and O–H groups in total. The van der Waals surface area contributed by atoms with Crippen LogP contribution in [-0.4, -0.2) is 118 Å². The van der Waals surface area contributed by atoms with Crippen molar-refractivity contribution in [3.8, 4) is 11.5 Å². The zero-order valence-electron chi connectivity index (χ0n) is 32.8. The summed E-state index contributed by atoms with van der Waals surface area (Å²) in [5.41, 5.74) is 9.34. The van der Waals surface area contributed by atoms with Gasteiger partial charge in [0.05, 0.1) is 22.4 Å². The molecule has 9 rings (SSSR count). The minimum atomic E-state index is -0.965. The van der Waals surface area contributed by atoms with Crippen LogP contribution in [0.2, 0.25) is 0 Å². The van der Waals surface area contributed by atoms with Crippen LogP contribution in [0.25, 0.3) is 0 Å². The number of likely N-dealkylation sites (tertiary alicyclic amines) is 2. The van der Waals surface area contributed by atoms with Gasteiger partial charge in [-0.05, 0) is 92.1 Å². The summed E-state index contributed by atoms with van der Waals surface area (Å²) in [6.07, 6.45) is 4.68. The molecule has 1 aromatic heterocycles. The summed E-state index contributed by atoms with van der Waals surface area (Å²) in [5, 5.41) is 14.9. The summed E-state index contributed by atoms with van der Waals surface area (Å²) in [4.78, 5) is 67.7. The van der Waals surface area contributed by atoms with Crippen molar-refractivity contribution in [2.45, 2.75) is 44.2 Å². The predicted octanol–water partition coefficient (Wildman–Crippen LogP) is 4.00. The molecule has 0 spiro atoms. The number of carbonyl (C=O) groups is 4. The number of hydrogen-bond acceptors (Lipinski definition) is 13. The van der Waals surface area contributed by atoms with E-state index in [1.165, 1.54) is 6.33 Å². The second-order valence-electron chi connectivity index (χ2n) is 16.4. The van der Waals surface area contributed by atoms with Crippen LogP contribution < -0.4 is 26.0 Å². The summed E-state index contributed by atoms with van der Waals surface area (Å²) >= 11 is 0. The Hall–Kier alpha value is -6.19. The van der Waals surface area contributed by atoms with Gasteiger partial charge in [-0.3, -0.25) is 34.8 Å². The van der Waals surface area contributed by atoms with E-state index in [0.717, 1.165) is 88.0 Å². The minimum absolute atomic E-state index is 0.0981. The van der Waals surface area contributed by atoms with Gasteiger partial charge < -0.3 is 30.5 Å². The topological polar surface area (TPSA) is 190 Å². The maximum atomic E-state index is 13.3. The molecular weight excluding hydrogens is 749 g/mol.